The molecule has 0 bridgehead atoms. The number of halogens is 4. The Labute approximate surface area is 198 Å². The maximum absolute atomic E-state index is 14.9. The van der Waals surface area contributed by atoms with Crippen molar-refractivity contribution in [3.8, 4) is 11.3 Å². The van der Waals surface area contributed by atoms with Gasteiger partial charge in [0, 0.05) is 15.6 Å². The number of carbonyl (C=O) groups is 1. The van der Waals surface area contributed by atoms with E-state index in [1.54, 1.807) is 48.5 Å². The maximum atomic E-state index is 14.9. The van der Waals surface area contributed by atoms with E-state index in [2.05, 4.69) is 9.97 Å². The molecule has 0 radical (unpaired) electrons. The van der Waals surface area contributed by atoms with Crippen molar-refractivity contribution in [2.24, 2.45) is 0 Å². The largest absolute Gasteiger partial charge is 0.459 e. The standard InChI is InChI=1S/C24H16Cl3FN2O2/c25-15-6-3-5-14(11-15)24(32-13-31)20(16-7-1-2-9-18(16)26)23-22(29-12-30-23)17-8-4-10-19(27)21(17)28/h1-13,20,24H,(H,29,30). The molecule has 1 N–H and O–H groups in total. The van der Waals surface area contributed by atoms with Crippen molar-refractivity contribution in [2.75, 3.05) is 0 Å². The Balaban J connectivity index is 1.96. The van der Waals surface area contributed by atoms with Crippen molar-refractivity contribution >= 4 is 41.3 Å². The van der Waals surface area contributed by atoms with Gasteiger partial charge < -0.3 is 9.72 Å². The molecule has 0 aliphatic heterocycles. The number of aromatic nitrogens is 2. The van der Waals surface area contributed by atoms with Crippen LogP contribution in [0.1, 0.15) is 28.8 Å². The third kappa shape index (κ3) is 4.37. The molecule has 4 nitrogen and oxygen atoms in total. The highest BCUT2D eigenvalue weighted by Crippen LogP contribution is 2.44. The average molecular weight is 490 g/mol. The van der Waals surface area contributed by atoms with Gasteiger partial charge in [-0.15, -0.1) is 0 Å². The van der Waals surface area contributed by atoms with Crippen molar-refractivity contribution in [3.63, 3.8) is 0 Å². The van der Waals surface area contributed by atoms with Gasteiger partial charge in [0.1, 0.15) is 6.10 Å². The van der Waals surface area contributed by atoms with Gasteiger partial charge in [-0.25, -0.2) is 9.37 Å². The first-order valence-electron chi connectivity index (χ1n) is 9.58. The van der Waals surface area contributed by atoms with Crippen molar-refractivity contribution in [3.05, 3.63) is 111 Å². The van der Waals surface area contributed by atoms with Gasteiger partial charge in [0.15, 0.2) is 5.82 Å². The third-order valence-electron chi connectivity index (χ3n) is 5.11. The van der Waals surface area contributed by atoms with Crippen molar-refractivity contribution in [1.29, 1.82) is 0 Å². The molecular formula is C24H16Cl3FN2O2. The topological polar surface area (TPSA) is 55.0 Å². The number of ether oxygens (including phenoxy) is 1. The Morgan fingerprint density at radius 3 is 2.47 bits per heavy atom. The summed E-state index contributed by atoms with van der Waals surface area (Å²) in [5.41, 5.74) is 2.35. The van der Waals surface area contributed by atoms with E-state index in [0.29, 0.717) is 39.0 Å². The number of rotatable bonds is 7. The van der Waals surface area contributed by atoms with E-state index in [1.165, 1.54) is 12.4 Å². The predicted molar refractivity (Wildman–Crippen MR) is 124 cm³/mol. The molecule has 0 aliphatic rings. The van der Waals surface area contributed by atoms with Gasteiger partial charge in [0.25, 0.3) is 6.47 Å². The summed E-state index contributed by atoms with van der Waals surface area (Å²) in [5, 5.41) is 0.899. The molecule has 2 atom stereocenters. The molecule has 4 rings (SSSR count). The lowest BCUT2D eigenvalue weighted by Gasteiger charge is -2.27. The number of nitrogens with zero attached hydrogens (tertiary/aromatic N) is 1. The lowest BCUT2D eigenvalue weighted by Crippen LogP contribution is -2.18. The van der Waals surface area contributed by atoms with Gasteiger partial charge in [0.05, 0.1) is 28.7 Å². The molecular weight excluding hydrogens is 474 g/mol. The van der Waals surface area contributed by atoms with Crippen LogP contribution < -0.4 is 0 Å². The summed E-state index contributed by atoms with van der Waals surface area (Å²) in [6.45, 7) is 0.363. The summed E-state index contributed by atoms with van der Waals surface area (Å²) in [6, 6.07) is 18.8. The third-order valence-corrected chi connectivity index (χ3v) is 5.98. The molecule has 0 saturated carbocycles. The number of aromatic amines is 1. The van der Waals surface area contributed by atoms with Crippen LogP contribution in [0.25, 0.3) is 11.3 Å². The first-order chi connectivity index (χ1) is 15.5. The lowest BCUT2D eigenvalue weighted by molar-refractivity contribution is -0.134. The molecule has 0 spiro atoms. The predicted octanol–water partition coefficient (Wildman–Crippen LogP) is 7.22. The van der Waals surface area contributed by atoms with E-state index in [9.17, 15) is 9.18 Å². The Morgan fingerprint density at radius 2 is 1.72 bits per heavy atom. The highest BCUT2D eigenvalue weighted by Gasteiger charge is 2.34. The van der Waals surface area contributed by atoms with Crippen LogP contribution in [-0.2, 0) is 9.53 Å². The molecule has 4 aromatic rings. The van der Waals surface area contributed by atoms with Gasteiger partial charge in [-0.1, -0.05) is 71.2 Å². The molecule has 2 unspecified atom stereocenters. The lowest BCUT2D eigenvalue weighted by atomic mass is 9.84. The fraction of sp³-hybridized carbons (Fsp3) is 0.0833. The molecule has 0 fully saturated rings. The SMILES string of the molecule is O=COC(c1cccc(Cl)c1)C(c1ccccc1Cl)c1nc[nH]c1-c1cccc(Cl)c1F. The fourth-order valence-electron chi connectivity index (χ4n) is 3.73. The normalized spacial score (nSPS) is 12.9. The highest BCUT2D eigenvalue weighted by atomic mass is 35.5. The van der Waals surface area contributed by atoms with E-state index < -0.39 is 17.8 Å². The van der Waals surface area contributed by atoms with Crippen molar-refractivity contribution in [2.45, 2.75) is 12.0 Å². The first-order valence-corrected chi connectivity index (χ1v) is 10.7. The molecule has 1 heterocycles. The van der Waals surface area contributed by atoms with Crippen molar-refractivity contribution < 1.29 is 13.9 Å². The number of imidazole rings is 1. The van der Waals surface area contributed by atoms with Crippen LogP contribution in [0.5, 0.6) is 0 Å². The summed E-state index contributed by atoms with van der Waals surface area (Å²) in [7, 11) is 0. The van der Waals surface area contributed by atoms with Gasteiger partial charge in [-0.2, -0.15) is 0 Å². The smallest absolute Gasteiger partial charge is 0.293 e. The molecule has 8 heteroatoms. The van der Waals surface area contributed by atoms with Crippen LogP contribution in [0.3, 0.4) is 0 Å². The van der Waals surface area contributed by atoms with E-state index in [1.807, 2.05) is 12.1 Å². The summed E-state index contributed by atoms with van der Waals surface area (Å²) in [6.07, 6.45) is 0.612. The molecule has 3 aromatic carbocycles. The summed E-state index contributed by atoms with van der Waals surface area (Å²) >= 11 is 18.8. The second kappa shape index (κ2) is 9.74. The average Bonchev–Trinajstić information content (AvgIpc) is 3.25. The zero-order valence-corrected chi connectivity index (χ0v) is 18.7. The van der Waals surface area contributed by atoms with E-state index >= 15 is 0 Å². The number of nitrogens with one attached hydrogen (secondary N) is 1. The quantitative estimate of drug-likeness (QED) is 0.279. The Morgan fingerprint density at radius 1 is 0.969 bits per heavy atom. The Bertz CT molecular complexity index is 1260. The number of carbonyl (C=O) groups excluding carboxylic acids is 1. The van der Waals surface area contributed by atoms with E-state index in [0.717, 1.165) is 0 Å². The minimum Gasteiger partial charge on any atom is -0.459 e. The van der Waals surface area contributed by atoms with Crippen molar-refractivity contribution in [1.82, 2.24) is 9.97 Å². The van der Waals surface area contributed by atoms with E-state index in [-0.39, 0.29) is 10.6 Å². The summed E-state index contributed by atoms with van der Waals surface area (Å²) in [5.74, 6) is -1.26. The minimum atomic E-state index is -0.838. The fourth-order valence-corrected chi connectivity index (χ4v) is 4.35. The first kappa shape index (κ1) is 22.3. The zero-order valence-electron chi connectivity index (χ0n) is 16.4. The Hall–Kier alpha value is -2.86. The van der Waals surface area contributed by atoms with Crippen LogP contribution in [-0.4, -0.2) is 16.4 Å². The number of hydrogen-bond acceptors (Lipinski definition) is 3. The van der Waals surface area contributed by atoms with E-state index in [4.69, 9.17) is 39.5 Å². The number of benzene rings is 3. The van der Waals surface area contributed by atoms with Crippen LogP contribution in [0, 0.1) is 5.82 Å². The van der Waals surface area contributed by atoms with Crippen LogP contribution in [0.2, 0.25) is 15.1 Å². The van der Waals surface area contributed by atoms with Crippen LogP contribution in [0.4, 0.5) is 4.39 Å². The second-order valence-corrected chi connectivity index (χ2v) is 8.22. The Kier molecular flexibility index (Phi) is 6.80. The molecule has 1 aromatic heterocycles. The molecule has 0 aliphatic carbocycles. The van der Waals surface area contributed by atoms with Gasteiger partial charge >= 0.3 is 0 Å². The van der Waals surface area contributed by atoms with Gasteiger partial charge in [-0.3, -0.25) is 4.79 Å². The van der Waals surface area contributed by atoms with Gasteiger partial charge in [0.2, 0.25) is 0 Å². The maximum Gasteiger partial charge on any atom is 0.293 e. The molecule has 32 heavy (non-hydrogen) atoms. The second-order valence-electron chi connectivity index (χ2n) is 6.97. The zero-order chi connectivity index (χ0) is 22.7. The monoisotopic (exact) mass is 488 g/mol. The minimum absolute atomic E-state index is 0.0205. The molecule has 0 saturated heterocycles. The van der Waals surface area contributed by atoms with Crippen LogP contribution >= 0.6 is 34.8 Å². The molecule has 162 valence electrons. The van der Waals surface area contributed by atoms with Gasteiger partial charge in [-0.05, 0) is 41.5 Å². The number of hydrogen-bond donors (Lipinski definition) is 1. The summed E-state index contributed by atoms with van der Waals surface area (Å²) in [4.78, 5) is 19.0. The number of H-pyrrole nitrogens is 1. The van der Waals surface area contributed by atoms with Crippen LogP contribution in [0.15, 0.2) is 73.1 Å². The highest BCUT2D eigenvalue weighted by molar-refractivity contribution is 6.31. The molecule has 0 amide bonds. The summed E-state index contributed by atoms with van der Waals surface area (Å²) < 4.78 is 20.5.